The van der Waals surface area contributed by atoms with Gasteiger partial charge in [0.15, 0.2) is 6.61 Å². The fourth-order valence-corrected chi connectivity index (χ4v) is 1.62. The summed E-state index contributed by atoms with van der Waals surface area (Å²) in [6.45, 7) is 4.07. The van der Waals surface area contributed by atoms with Crippen LogP contribution in [0.15, 0.2) is 18.2 Å². The molecule has 1 atom stereocenters. The van der Waals surface area contributed by atoms with Gasteiger partial charge in [0.25, 0.3) is 0 Å². The third-order valence-electron chi connectivity index (χ3n) is 2.99. The van der Waals surface area contributed by atoms with Crippen LogP contribution in [-0.2, 0) is 9.53 Å². The molecule has 5 heteroatoms. The lowest BCUT2D eigenvalue weighted by atomic mass is 10.1. The molecule has 0 aliphatic carbocycles. The van der Waals surface area contributed by atoms with Crippen LogP contribution in [-0.4, -0.2) is 26.2 Å². The number of rotatable bonds is 8. The van der Waals surface area contributed by atoms with Gasteiger partial charge in [-0.3, -0.25) is 0 Å². The number of hydrogen-bond donors (Lipinski definition) is 1. The van der Waals surface area contributed by atoms with E-state index in [-0.39, 0.29) is 18.5 Å². The summed E-state index contributed by atoms with van der Waals surface area (Å²) in [6.07, 6.45) is 1.79. The average Bonchev–Trinajstić information content (AvgIpc) is 2.44. The number of benzene rings is 1. The Kier molecular flexibility index (Phi) is 7.01. The Labute approximate surface area is 119 Å². The van der Waals surface area contributed by atoms with Gasteiger partial charge >= 0.3 is 5.97 Å². The van der Waals surface area contributed by atoms with Crippen molar-refractivity contribution in [2.75, 3.05) is 20.3 Å². The van der Waals surface area contributed by atoms with Crippen molar-refractivity contribution in [2.24, 2.45) is 0 Å². The number of hydrogen-bond acceptors (Lipinski definition) is 4. The van der Waals surface area contributed by atoms with Gasteiger partial charge in [0, 0.05) is 17.7 Å². The predicted octanol–water partition coefficient (Wildman–Crippen LogP) is 2.83. The number of carbonyl (C=O) groups is 1. The van der Waals surface area contributed by atoms with Crippen molar-refractivity contribution in [3.8, 4) is 5.75 Å². The zero-order valence-electron chi connectivity index (χ0n) is 12.2. The fourth-order valence-electron chi connectivity index (χ4n) is 1.62. The van der Waals surface area contributed by atoms with E-state index in [1.54, 1.807) is 19.2 Å². The van der Waals surface area contributed by atoms with E-state index in [0.717, 1.165) is 12.8 Å². The molecule has 0 aliphatic rings. The second-order valence-corrected chi connectivity index (χ2v) is 4.56. The average molecular weight is 283 g/mol. The van der Waals surface area contributed by atoms with Gasteiger partial charge in [-0.2, -0.15) is 0 Å². The van der Waals surface area contributed by atoms with Crippen LogP contribution >= 0.6 is 0 Å². The molecule has 112 valence electrons. The first-order valence-electron chi connectivity index (χ1n) is 6.83. The minimum absolute atomic E-state index is 0.0805. The van der Waals surface area contributed by atoms with Crippen LogP contribution in [0.5, 0.6) is 5.75 Å². The normalized spacial score (nSPS) is 12.0. The minimum Gasteiger partial charge on any atom is -0.482 e. The third-order valence-corrected chi connectivity index (χ3v) is 2.99. The van der Waals surface area contributed by atoms with Crippen molar-refractivity contribution in [2.45, 2.75) is 32.7 Å². The second kappa shape index (κ2) is 8.53. The lowest BCUT2D eigenvalue weighted by Crippen LogP contribution is -2.16. The summed E-state index contributed by atoms with van der Waals surface area (Å²) in [6, 6.07) is 4.49. The predicted molar refractivity (Wildman–Crippen MR) is 75.2 cm³/mol. The Hall–Kier alpha value is -1.62. The van der Waals surface area contributed by atoms with Gasteiger partial charge in [-0.1, -0.05) is 19.4 Å². The molecule has 0 heterocycles. The van der Waals surface area contributed by atoms with E-state index in [1.165, 1.54) is 6.07 Å². The summed E-state index contributed by atoms with van der Waals surface area (Å²) in [5.41, 5.74) is 0.561. The summed E-state index contributed by atoms with van der Waals surface area (Å²) in [5, 5.41) is 2.97. The van der Waals surface area contributed by atoms with Gasteiger partial charge in [0.1, 0.15) is 11.6 Å². The maximum atomic E-state index is 13.8. The Morgan fingerprint density at radius 3 is 2.80 bits per heavy atom. The van der Waals surface area contributed by atoms with Crippen LogP contribution < -0.4 is 10.1 Å². The molecule has 0 radical (unpaired) electrons. The molecule has 0 saturated heterocycles. The highest BCUT2D eigenvalue weighted by molar-refractivity contribution is 5.71. The van der Waals surface area contributed by atoms with Gasteiger partial charge in [0.2, 0.25) is 0 Å². The van der Waals surface area contributed by atoms with Crippen molar-refractivity contribution < 1.29 is 18.7 Å². The van der Waals surface area contributed by atoms with Gasteiger partial charge in [-0.25, -0.2) is 9.18 Å². The van der Waals surface area contributed by atoms with Gasteiger partial charge in [-0.05, 0) is 26.5 Å². The molecule has 1 aromatic carbocycles. The molecule has 1 unspecified atom stereocenters. The summed E-state index contributed by atoms with van der Waals surface area (Å²) in [5.74, 6) is -0.475. The molecular formula is C15H22FNO3. The Morgan fingerprint density at radius 1 is 1.45 bits per heavy atom. The molecule has 4 nitrogen and oxygen atoms in total. The molecule has 0 aromatic heterocycles. The molecule has 0 spiro atoms. The van der Waals surface area contributed by atoms with Crippen LogP contribution in [0.1, 0.15) is 38.3 Å². The minimum atomic E-state index is -0.438. The van der Waals surface area contributed by atoms with E-state index in [2.05, 4.69) is 5.32 Å². The summed E-state index contributed by atoms with van der Waals surface area (Å²) in [7, 11) is 1.76. The zero-order chi connectivity index (χ0) is 15.0. The van der Waals surface area contributed by atoms with Crippen molar-refractivity contribution in [1.82, 2.24) is 5.32 Å². The highest BCUT2D eigenvalue weighted by atomic mass is 19.1. The summed E-state index contributed by atoms with van der Waals surface area (Å²) >= 11 is 0. The van der Waals surface area contributed by atoms with Gasteiger partial charge in [0.05, 0.1) is 6.61 Å². The number of halogens is 1. The quantitative estimate of drug-likeness (QED) is 0.588. The molecule has 1 aromatic rings. The maximum absolute atomic E-state index is 13.8. The van der Waals surface area contributed by atoms with Crippen LogP contribution in [0.2, 0.25) is 0 Å². The SMILES string of the molecule is CCCCOC(=O)COc1ccc(C(C)NC)c(F)c1. The second-order valence-electron chi connectivity index (χ2n) is 4.56. The number of nitrogens with one attached hydrogen (secondary N) is 1. The largest absolute Gasteiger partial charge is 0.482 e. The van der Waals surface area contributed by atoms with E-state index < -0.39 is 5.97 Å². The molecule has 1 N–H and O–H groups in total. The van der Waals surface area contributed by atoms with E-state index in [4.69, 9.17) is 9.47 Å². The first-order valence-corrected chi connectivity index (χ1v) is 6.83. The highest BCUT2D eigenvalue weighted by Crippen LogP contribution is 2.21. The van der Waals surface area contributed by atoms with Crippen molar-refractivity contribution in [3.05, 3.63) is 29.6 Å². The standard InChI is InChI=1S/C15H22FNO3/c1-4-5-8-19-15(18)10-20-12-6-7-13(11(2)17-3)14(16)9-12/h6-7,9,11,17H,4-5,8,10H2,1-3H3. The number of carbonyl (C=O) groups excluding carboxylic acids is 1. The molecule has 20 heavy (non-hydrogen) atoms. The van der Waals surface area contributed by atoms with Crippen molar-refractivity contribution >= 4 is 5.97 Å². The molecule has 1 rings (SSSR count). The van der Waals surface area contributed by atoms with Crippen LogP contribution in [0.3, 0.4) is 0 Å². The van der Waals surface area contributed by atoms with Crippen LogP contribution in [0.4, 0.5) is 4.39 Å². The first-order chi connectivity index (χ1) is 9.58. The van der Waals surface area contributed by atoms with Crippen molar-refractivity contribution in [3.63, 3.8) is 0 Å². The molecule has 0 aliphatic heterocycles. The zero-order valence-corrected chi connectivity index (χ0v) is 12.2. The molecule has 0 fully saturated rings. The van der Waals surface area contributed by atoms with Crippen LogP contribution in [0.25, 0.3) is 0 Å². The van der Waals surface area contributed by atoms with E-state index in [9.17, 15) is 9.18 Å². The fraction of sp³-hybridized carbons (Fsp3) is 0.533. The molecule has 0 amide bonds. The summed E-state index contributed by atoms with van der Waals surface area (Å²) in [4.78, 5) is 11.3. The van der Waals surface area contributed by atoms with Gasteiger partial charge < -0.3 is 14.8 Å². The highest BCUT2D eigenvalue weighted by Gasteiger charge is 2.11. The van der Waals surface area contributed by atoms with Crippen molar-refractivity contribution in [1.29, 1.82) is 0 Å². The third kappa shape index (κ3) is 5.17. The monoisotopic (exact) mass is 283 g/mol. The molecule has 0 bridgehead atoms. The Morgan fingerprint density at radius 2 is 2.20 bits per heavy atom. The maximum Gasteiger partial charge on any atom is 0.344 e. The topological polar surface area (TPSA) is 47.6 Å². The van der Waals surface area contributed by atoms with Gasteiger partial charge in [-0.15, -0.1) is 0 Å². The Bertz CT molecular complexity index is 437. The number of unbranched alkanes of at least 4 members (excludes halogenated alkanes) is 1. The Balaban J connectivity index is 2.49. The summed E-state index contributed by atoms with van der Waals surface area (Å²) < 4.78 is 24.0. The lowest BCUT2D eigenvalue weighted by molar-refractivity contribution is -0.146. The first kappa shape index (κ1) is 16.4. The van der Waals surface area contributed by atoms with E-state index >= 15 is 0 Å². The smallest absolute Gasteiger partial charge is 0.344 e. The van der Waals surface area contributed by atoms with E-state index in [1.807, 2.05) is 13.8 Å². The molecular weight excluding hydrogens is 261 g/mol. The lowest BCUT2D eigenvalue weighted by Gasteiger charge is -2.13. The van der Waals surface area contributed by atoms with E-state index in [0.29, 0.717) is 17.9 Å². The molecule has 0 saturated carbocycles. The number of esters is 1. The van der Waals surface area contributed by atoms with Crippen LogP contribution in [0, 0.1) is 5.82 Å². The number of ether oxygens (including phenoxy) is 2.